The number of nitrogens with zero attached hydrogens (tertiary/aromatic N) is 1. The molecular weight excluding hydrogens is 253 g/mol. The molecule has 0 saturated heterocycles. The minimum atomic E-state index is -1.25. The van der Waals surface area contributed by atoms with Crippen molar-refractivity contribution in [1.82, 2.24) is 4.98 Å². The summed E-state index contributed by atoms with van der Waals surface area (Å²) in [7, 11) is 0. The largest absolute Gasteiger partial charge is 0.478 e. The Morgan fingerprint density at radius 1 is 1.33 bits per heavy atom. The second-order valence-electron chi connectivity index (χ2n) is 3.58. The fraction of sp³-hybridized carbons (Fsp3) is 0.0769. The van der Waals surface area contributed by atoms with Crippen molar-refractivity contribution in [3.8, 4) is 0 Å². The van der Waals surface area contributed by atoms with Crippen molar-refractivity contribution >= 4 is 17.7 Å². The van der Waals surface area contributed by atoms with Crippen molar-refractivity contribution in [2.45, 2.75) is 10.8 Å². The minimum Gasteiger partial charge on any atom is -0.478 e. The molecule has 0 aliphatic heterocycles. The van der Waals surface area contributed by atoms with Crippen LogP contribution in [0, 0.1) is 5.82 Å². The predicted molar refractivity (Wildman–Crippen MR) is 67.2 cm³/mol. The Kier molecular flexibility index (Phi) is 3.94. The van der Waals surface area contributed by atoms with Gasteiger partial charge in [-0.25, -0.2) is 14.2 Å². The highest BCUT2D eigenvalue weighted by molar-refractivity contribution is 7.98. The molecule has 0 radical (unpaired) electrons. The smallest absolute Gasteiger partial charge is 0.338 e. The van der Waals surface area contributed by atoms with Gasteiger partial charge in [0.1, 0.15) is 5.82 Å². The van der Waals surface area contributed by atoms with E-state index in [0.29, 0.717) is 5.75 Å². The molecule has 1 aromatic carbocycles. The molecule has 0 aliphatic rings. The van der Waals surface area contributed by atoms with Crippen molar-refractivity contribution in [2.24, 2.45) is 0 Å². The second kappa shape index (κ2) is 5.64. The molecule has 0 atom stereocenters. The van der Waals surface area contributed by atoms with Crippen LogP contribution in [-0.2, 0) is 5.75 Å². The molecule has 3 nitrogen and oxygen atoms in total. The number of benzene rings is 1. The SMILES string of the molecule is O=C(O)c1ccc(CSc2ccccn2)cc1F. The van der Waals surface area contributed by atoms with E-state index < -0.39 is 11.8 Å². The molecule has 1 heterocycles. The summed E-state index contributed by atoms with van der Waals surface area (Å²) in [5.74, 6) is -1.41. The monoisotopic (exact) mass is 263 g/mol. The summed E-state index contributed by atoms with van der Waals surface area (Å²) in [6.45, 7) is 0. The second-order valence-corrected chi connectivity index (χ2v) is 4.57. The van der Waals surface area contributed by atoms with Crippen LogP contribution in [0.1, 0.15) is 15.9 Å². The van der Waals surface area contributed by atoms with E-state index in [4.69, 9.17) is 5.11 Å². The van der Waals surface area contributed by atoms with E-state index in [2.05, 4.69) is 4.98 Å². The van der Waals surface area contributed by atoms with Crippen LogP contribution in [-0.4, -0.2) is 16.1 Å². The molecule has 1 N–H and O–H groups in total. The van der Waals surface area contributed by atoms with Crippen LogP contribution in [0.4, 0.5) is 4.39 Å². The van der Waals surface area contributed by atoms with Gasteiger partial charge in [0, 0.05) is 11.9 Å². The maximum atomic E-state index is 13.4. The molecule has 0 saturated carbocycles. The van der Waals surface area contributed by atoms with Crippen LogP contribution in [0.2, 0.25) is 0 Å². The predicted octanol–water partition coefficient (Wildman–Crippen LogP) is 3.21. The van der Waals surface area contributed by atoms with E-state index in [1.54, 1.807) is 12.3 Å². The normalized spacial score (nSPS) is 10.3. The molecule has 0 aliphatic carbocycles. The highest BCUT2D eigenvalue weighted by atomic mass is 32.2. The number of aromatic nitrogens is 1. The quantitative estimate of drug-likeness (QED) is 0.860. The van der Waals surface area contributed by atoms with E-state index >= 15 is 0 Å². The Labute approximate surface area is 108 Å². The van der Waals surface area contributed by atoms with E-state index in [1.165, 1.54) is 23.9 Å². The van der Waals surface area contributed by atoms with Gasteiger partial charge in [0.2, 0.25) is 0 Å². The zero-order valence-corrected chi connectivity index (χ0v) is 10.2. The number of thioether (sulfide) groups is 1. The van der Waals surface area contributed by atoms with Gasteiger partial charge in [-0.2, -0.15) is 0 Å². The molecular formula is C13H10FNO2S. The van der Waals surface area contributed by atoms with Gasteiger partial charge in [0.15, 0.2) is 0 Å². The summed E-state index contributed by atoms with van der Waals surface area (Å²) < 4.78 is 13.4. The first-order chi connectivity index (χ1) is 8.66. The van der Waals surface area contributed by atoms with E-state index in [0.717, 1.165) is 10.6 Å². The molecule has 92 valence electrons. The molecule has 0 spiro atoms. The van der Waals surface area contributed by atoms with Gasteiger partial charge in [-0.3, -0.25) is 0 Å². The minimum absolute atomic E-state index is 0.304. The molecule has 0 fully saturated rings. The number of carboxylic acid groups (broad SMARTS) is 1. The Balaban J connectivity index is 2.07. The van der Waals surface area contributed by atoms with Gasteiger partial charge < -0.3 is 5.11 Å². The lowest BCUT2D eigenvalue weighted by atomic mass is 10.1. The molecule has 5 heteroatoms. The summed E-state index contributed by atoms with van der Waals surface area (Å²) in [6.07, 6.45) is 1.69. The van der Waals surface area contributed by atoms with E-state index in [-0.39, 0.29) is 5.56 Å². The zero-order chi connectivity index (χ0) is 13.0. The van der Waals surface area contributed by atoms with Crippen molar-refractivity contribution in [3.05, 3.63) is 59.5 Å². The number of hydrogen-bond acceptors (Lipinski definition) is 3. The van der Waals surface area contributed by atoms with Gasteiger partial charge >= 0.3 is 5.97 Å². The van der Waals surface area contributed by atoms with Gasteiger partial charge in [0.25, 0.3) is 0 Å². The highest BCUT2D eigenvalue weighted by Gasteiger charge is 2.10. The first-order valence-electron chi connectivity index (χ1n) is 5.22. The Morgan fingerprint density at radius 3 is 2.78 bits per heavy atom. The zero-order valence-electron chi connectivity index (χ0n) is 9.34. The Hall–Kier alpha value is -1.88. The van der Waals surface area contributed by atoms with Crippen molar-refractivity contribution in [2.75, 3.05) is 0 Å². The third kappa shape index (κ3) is 3.07. The number of carboxylic acids is 1. The molecule has 0 unspecified atom stereocenters. The molecule has 0 bridgehead atoms. The number of hydrogen-bond donors (Lipinski definition) is 1. The lowest BCUT2D eigenvalue weighted by molar-refractivity contribution is 0.0692. The maximum Gasteiger partial charge on any atom is 0.338 e. The number of halogens is 1. The average molecular weight is 263 g/mol. The molecule has 1 aromatic heterocycles. The van der Waals surface area contributed by atoms with Gasteiger partial charge in [0.05, 0.1) is 10.6 Å². The summed E-state index contributed by atoms with van der Waals surface area (Å²) in [5, 5.41) is 9.56. The Bertz CT molecular complexity index is 560. The number of rotatable bonds is 4. The number of aromatic carboxylic acids is 1. The maximum absolute atomic E-state index is 13.4. The van der Waals surface area contributed by atoms with Crippen molar-refractivity contribution in [1.29, 1.82) is 0 Å². The lowest BCUT2D eigenvalue weighted by Gasteiger charge is -2.03. The highest BCUT2D eigenvalue weighted by Crippen LogP contribution is 2.21. The van der Waals surface area contributed by atoms with Crippen molar-refractivity contribution in [3.63, 3.8) is 0 Å². The fourth-order valence-electron chi connectivity index (χ4n) is 1.41. The van der Waals surface area contributed by atoms with Crippen LogP contribution < -0.4 is 0 Å². The van der Waals surface area contributed by atoms with E-state index in [1.807, 2.05) is 18.2 Å². The third-order valence-corrected chi connectivity index (χ3v) is 3.30. The third-order valence-electron chi connectivity index (χ3n) is 2.29. The summed E-state index contributed by atoms with van der Waals surface area (Å²) in [5.41, 5.74) is 0.426. The molecule has 2 aromatic rings. The van der Waals surface area contributed by atoms with Crippen LogP contribution in [0.15, 0.2) is 47.6 Å². The lowest BCUT2D eigenvalue weighted by Crippen LogP contribution is -2.00. The summed E-state index contributed by atoms with van der Waals surface area (Å²) in [4.78, 5) is 14.8. The van der Waals surface area contributed by atoms with Crippen LogP contribution in [0.3, 0.4) is 0 Å². The first-order valence-corrected chi connectivity index (χ1v) is 6.21. The fourth-order valence-corrected chi connectivity index (χ4v) is 2.22. The van der Waals surface area contributed by atoms with Crippen LogP contribution in [0.5, 0.6) is 0 Å². The number of carbonyl (C=O) groups is 1. The summed E-state index contributed by atoms with van der Waals surface area (Å²) in [6, 6.07) is 9.72. The number of pyridine rings is 1. The van der Waals surface area contributed by atoms with E-state index in [9.17, 15) is 9.18 Å². The first kappa shape index (κ1) is 12.6. The standard InChI is InChI=1S/C13H10FNO2S/c14-11-7-9(4-5-10(11)13(16)17)8-18-12-3-1-2-6-15-12/h1-7H,8H2,(H,16,17). The average Bonchev–Trinajstić information content (AvgIpc) is 2.37. The topological polar surface area (TPSA) is 50.2 Å². The summed E-state index contributed by atoms with van der Waals surface area (Å²) >= 11 is 1.47. The molecule has 18 heavy (non-hydrogen) atoms. The molecule has 0 amide bonds. The molecule has 2 rings (SSSR count). The van der Waals surface area contributed by atoms with Crippen LogP contribution in [0.25, 0.3) is 0 Å². The Morgan fingerprint density at radius 2 is 2.17 bits per heavy atom. The van der Waals surface area contributed by atoms with Gasteiger partial charge in [-0.15, -0.1) is 11.8 Å². The van der Waals surface area contributed by atoms with Crippen molar-refractivity contribution < 1.29 is 14.3 Å². The van der Waals surface area contributed by atoms with Crippen LogP contribution >= 0.6 is 11.8 Å². The van der Waals surface area contributed by atoms with Gasteiger partial charge in [-0.1, -0.05) is 12.1 Å². The van der Waals surface area contributed by atoms with Gasteiger partial charge in [-0.05, 0) is 29.8 Å².